The van der Waals surface area contributed by atoms with Gasteiger partial charge < -0.3 is 10.3 Å². The Morgan fingerprint density at radius 3 is 2.76 bits per heavy atom. The third kappa shape index (κ3) is 2.25. The Balaban J connectivity index is 1.65. The summed E-state index contributed by atoms with van der Waals surface area (Å²) in [4.78, 5) is 34.2. The van der Waals surface area contributed by atoms with Gasteiger partial charge in [0.15, 0.2) is 0 Å². The number of hydrogen-bond acceptors (Lipinski definition) is 4. The maximum absolute atomic E-state index is 12.6. The van der Waals surface area contributed by atoms with Gasteiger partial charge in [0.05, 0.1) is 11.1 Å². The van der Waals surface area contributed by atoms with Crippen LogP contribution >= 0.6 is 11.3 Å². The quantitative estimate of drug-likeness (QED) is 0.709. The maximum Gasteiger partial charge on any atom is 0.260 e. The molecular formula is C19H15N3O2S. The molecule has 1 aliphatic carbocycles. The Labute approximate surface area is 147 Å². The molecule has 1 aliphatic heterocycles. The number of fused-ring (bicyclic) bond motifs is 4. The van der Waals surface area contributed by atoms with Crippen molar-refractivity contribution in [3.63, 3.8) is 0 Å². The molecule has 3 heterocycles. The zero-order chi connectivity index (χ0) is 17.0. The molecule has 6 heteroatoms. The molecule has 25 heavy (non-hydrogen) atoms. The Morgan fingerprint density at radius 1 is 1.08 bits per heavy atom. The van der Waals surface area contributed by atoms with Gasteiger partial charge in [-0.25, -0.2) is 4.98 Å². The summed E-state index contributed by atoms with van der Waals surface area (Å²) >= 11 is 1.62. The number of nitrogens with one attached hydrogen (secondary N) is 2. The van der Waals surface area contributed by atoms with Crippen LogP contribution in [-0.4, -0.2) is 15.9 Å². The fraction of sp³-hybridized carbons (Fsp3) is 0.211. The number of hydrogen-bond donors (Lipinski definition) is 2. The van der Waals surface area contributed by atoms with Crippen molar-refractivity contribution in [3.8, 4) is 0 Å². The first-order chi connectivity index (χ1) is 12.2. The fourth-order valence-electron chi connectivity index (χ4n) is 3.67. The molecule has 2 aliphatic rings. The Hall–Kier alpha value is -2.73. The van der Waals surface area contributed by atoms with Gasteiger partial charge in [-0.05, 0) is 37.3 Å². The lowest BCUT2D eigenvalue weighted by Crippen LogP contribution is -2.14. The molecule has 0 radical (unpaired) electrons. The van der Waals surface area contributed by atoms with Crippen LogP contribution in [-0.2, 0) is 12.8 Å². The first-order valence-corrected chi connectivity index (χ1v) is 9.19. The van der Waals surface area contributed by atoms with E-state index in [0.717, 1.165) is 35.0 Å². The second-order valence-electron chi connectivity index (χ2n) is 6.40. The smallest absolute Gasteiger partial charge is 0.260 e. The van der Waals surface area contributed by atoms with Crippen molar-refractivity contribution < 1.29 is 4.79 Å². The van der Waals surface area contributed by atoms with Crippen LogP contribution < -0.4 is 10.9 Å². The van der Waals surface area contributed by atoms with E-state index in [1.165, 1.54) is 16.9 Å². The minimum absolute atomic E-state index is 0.0890. The van der Waals surface area contributed by atoms with Gasteiger partial charge in [-0.15, -0.1) is 11.3 Å². The monoisotopic (exact) mass is 349 g/mol. The van der Waals surface area contributed by atoms with E-state index in [1.54, 1.807) is 23.5 Å². The van der Waals surface area contributed by atoms with Crippen LogP contribution in [0.25, 0.3) is 22.0 Å². The molecule has 124 valence electrons. The standard InChI is InChI=1S/C19H15N3O2S/c23-17-11-6-2-1-5-10(11)13(20-17)9-15-21-18(24)16-12-7-3-4-8-14(12)25-19(16)22-15/h1-2,5-6,9H,3-4,7-8H2,(H,20,23)(H,21,22,24)/b13-9+. The van der Waals surface area contributed by atoms with Crippen molar-refractivity contribution in [2.45, 2.75) is 25.7 Å². The van der Waals surface area contributed by atoms with Crippen LogP contribution in [0.1, 0.15) is 45.0 Å². The maximum atomic E-state index is 12.6. The predicted octanol–water partition coefficient (Wildman–Crippen LogP) is 3.10. The lowest BCUT2D eigenvalue weighted by molar-refractivity contribution is 0.0981. The second-order valence-corrected chi connectivity index (χ2v) is 7.48. The number of benzene rings is 1. The SMILES string of the molecule is O=C1N/C(=C/c2nc3sc4c(c3c(=O)[nH]2)CCCC4)c2ccccc21. The molecule has 0 bridgehead atoms. The highest BCUT2D eigenvalue weighted by Gasteiger charge is 2.24. The molecule has 2 aromatic heterocycles. The minimum Gasteiger partial charge on any atom is -0.321 e. The highest BCUT2D eigenvalue weighted by molar-refractivity contribution is 7.18. The van der Waals surface area contributed by atoms with E-state index in [-0.39, 0.29) is 11.5 Å². The van der Waals surface area contributed by atoms with Crippen molar-refractivity contribution in [1.82, 2.24) is 15.3 Å². The molecule has 2 N–H and O–H groups in total. The molecule has 1 aromatic carbocycles. The number of thiophene rings is 1. The lowest BCUT2D eigenvalue weighted by atomic mass is 9.97. The summed E-state index contributed by atoms with van der Waals surface area (Å²) in [5.74, 6) is 0.347. The van der Waals surface area contributed by atoms with Crippen molar-refractivity contribution in [2.24, 2.45) is 0 Å². The van der Waals surface area contributed by atoms with Crippen LogP contribution in [0.5, 0.6) is 0 Å². The highest BCUT2D eigenvalue weighted by atomic mass is 32.1. The number of nitrogens with zero attached hydrogens (tertiary/aromatic N) is 1. The Morgan fingerprint density at radius 2 is 1.88 bits per heavy atom. The van der Waals surface area contributed by atoms with Gasteiger partial charge in [-0.2, -0.15) is 0 Å². The van der Waals surface area contributed by atoms with Crippen molar-refractivity contribution in [1.29, 1.82) is 0 Å². The van der Waals surface area contributed by atoms with Crippen molar-refractivity contribution in [3.05, 3.63) is 62.0 Å². The molecular weight excluding hydrogens is 334 g/mol. The molecule has 0 saturated carbocycles. The van der Waals surface area contributed by atoms with Crippen LogP contribution in [0.2, 0.25) is 0 Å². The number of carbonyl (C=O) groups excluding carboxylic acids is 1. The molecule has 5 nitrogen and oxygen atoms in total. The summed E-state index contributed by atoms with van der Waals surface area (Å²) in [5.41, 5.74) is 3.24. The van der Waals surface area contributed by atoms with Gasteiger partial charge in [-0.3, -0.25) is 9.59 Å². The summed E-state index contributed by atoms with van der Waals surface area (Å²) in [6.45, 7) is 0. The Bertz CT molecular complexity index is 1120. The van der Waals surface area contributed by atoms with Crippen molar-refractivity contribution in [2.75, 3.05) is 0 Å². The number of rotatable bonds is 1. The first kappa shape index (κ1) is 14.6. The van der Waals surface area contributed by atoms with E-state index in [1.807, 2.05) is 18.2 Å². The van der Waals surface area contributed by atoms with E-state index < -0.39 is 0 Å². The van der Waals surface area contributed by atoms with E-state index in [9.17, 15) is 9.59 Å². The molecule has 0 fully saturated rings. The number of carbonyl (C=O) groups is 1. The van der Waals surface area contributed by atoms with Crippen LogP contribution in [0.3, 0.4) is 0 Å². The van der Waals surface area contributed by atoms with Gasteiger partial charge in [0.25, 0.3) is 11.5 Å². The second kappa shape index (κ2) is 5.39. The number of H-pyrrole nitrogens is 1. The minimum atomic E-state index is -0.128. The zero-order valence-corrected chi connectivity index (χ0v) is 14.2. The zero-order valence-electron chi connectivity index (χ0n) is 13.4. The van der Waals surface area contributed by atoms with Crippen LogP contribution in [0, 0.1) is 0 Å². The van der Waals surface area contributed by atoms with E-state index >= 15 is 0 Å². The number of aromatic nitrogens is 2. The average Bonchev–Trinajstić information content (AvgIpc) is 3.13. The van der Waals surface area contributed by atoms with Crippen molar-refractivity contribution >= 4 is 39.2 Å². The molecule has 3 aromatic rings. The topological polar surface area (TPSA) is 74.8 Å². The molecule has 5 rings (SSSR count). The molecule has 0 unspecified atom stereocenters. The summed E-state index contributed by atoms with van der Waals surface area (Å²) in [7, 11) is 0. The third-order valence-corrected chi connectivity index (χ3v) is 6.02. The van der Waals surface area contributed by atoms with E-state index in [4.69, 9.17) is 0 Å². The Kier molecular flexibility index (Phi) is 3.15. The van der Waals surface area contributed by atoms with Gasteiger partial charge in [0, 0.05) is 22.1 Å². The van der Waals surface area contributed by atoms with E-state index in [0.29, 0.717) is 17.1 Å². The normalized spacial score (nSPS) is 17.6. The largest absolute Gasteiger partial charge is 0.321 e. The highest BCUT2D eigenvalue weighted by Crippen LogP contribution is 2.34. The van der Waals surface area contributed by atoms with E-state index in [2.05, 4.69) is 15.3 Å². The van der Waals surface area contributed by atoms with Gasteiger partial charge in [0.2, 0.25) is 0 Å². The van der Waals surface area contributed by atoms with Crippen LogP contribution in [0.4, 0.5) is 0 Å². The first-order valence-electron chi connectivity index (χ1n) is 8.38. The lowest BCUT2D eigenvalue weighted by Gasteiger charge is -2.09. The third-order valence-electron chi connectivity index (χ3n) is 4.83. The summed E-state index contributed by atoms with van der Waals surface area (Å²) in [6.07, 6.45) is 6.05. The molecule has 0 spiro atoms. The summed E-state index contributed by atoms with van der Waals surface area (Å²) in [5, 5.41) is 3.60. The number of aromatic amines is 1. The molecule has 1 amide bonds. The van der Waals surface area contributed by atoms with Gasteiger partial charge in [-0.1, -0.05) is 18.2 Å². The molecule has 0 saturated heterocycles. The predicted molar refractivity (Wildman–Crippen MR) is 98.7 cm³/mol. The van der Waals surface area contributed by atoms with Gasteiger partial charge >= 0.3 is 0 Å². The molecule has 0 atom stereocenters. The number of aryl methyl sites for hydroxylation is 2. The average molecular weight is 349 g/mol. The summed E-state index contributed by atoms with van der Waals surface area (Å²) < 4.78 is 0. The fourth-order valence-corrected chi connectivity index (χ4v) is 4.94. The van der Waals surface area contributed by atoms with Crippen LogP contribution in [0.15, 0.2) is 29.1 Å². The van der Waals surface area contributed by atoms with Gasteiger partial charge in [0.1, 0.15) is 10.7 Å². The summed E-state index contributed by atoms with van der Waals surface area (Å²) in [6, 6.07) is 7.40. The number of amides is 1.